The fourth-order valence-electron chi connectivity index (χ4n) is 2.15. The number of nitrogens with zero attached hydrogens (tertiary/aromatic N) is 1. The number of carbonyl (C=O) groups excluding carboxylic acids is 2. The van der Waals surface area contributed by atoms with Gasteiger partial charge in [-0.25, -0.2) is 9.59 Å². The minimum atomic E-state index is -0.553. The Morgan fingerprint density at radius 2 is 1.83 bits per heavy atom. The summed E-state index contributed by atoms with van der Waals surface area (Å²) in [5, 5.41) is 2.66. The Labute approximate surface area is 144 Å². The van der Waals surface area contributed by atoms with Crippen LogP contribution in [0.2, 0.25) is 0 Å². The van der Waals surface area contributed by atoms with E-state index in [0.29, 0.717) is 13.2 Å². The van der Waals surface area contributed by atoms with Crippen molar-refractivity contribution >= 4 is 12.2 Å². The molecule has 0 unspecified atom stereocenters. The van der Waals surface area contributed by atoms with Gasteiger partial charge in [0.05, 0.1) is 12.6 Å². The largest absolute Gasteiger partial charge is 0.450 e. The normalized spacial score (nSPS) is 12.2. The lowest BCUT2D eigenvalue weighted by Gasteiger charge is -2.29. The van der Waals surface area contributed by atoms with E-state index in [1.807, 2.05) is 37.3 Å². The maximum absolute atomic E-state index is 12.2. The summed E-state index contributed by atoms with van der Waals surface area (Å²) in [6, 6.07) is 9.53. The molecule has 0 aliphatic rings. The molecule has 0 fully saturated rings. The first-order chi connectivity index (χ1) is 11.2. The second-order valence-electron chi connectivity index (χ2n) is 6.41. The number of alkyl carbamates (subject to hydrolysis) is 1. The van der Waals surface area contributed by atoms with Crippen molar-refractivity contribution in [3.8, 4) is 0 Å². The van der Waals surface area contributed by atoms with E-state index < -0.39 is 17.8 Å². The van der Waals surface area contributed by atoms with Gasteiger partial charge in [-0.3, -0.25) is 4.90 Å². The minimum Gasteiger partial charge on any atom is -0.450 e. The predicted octanol–water partition coefficient (Wildman–Crippen LogP) is 3.73. The Morgan fingerprint density at radius 1 is 1.21 bits per heavy atom. The molecule has 2 amide bonds. The molecule has 0 aliphatic heterocycles. The number of ether oxygens (including phenoxy) is 2. The highest BCUT2D eigenvalue weighted by Crippen LogP contribution is 2.20. The quantitative estimate of drug-likeness (QED) is 0.859. The first-order valence-electron chi connectivity index (χ1n) is 8.19. The van der Waals surface area contributed by atoms with Crippen molar-refractivity contribution in [3.05, 3.63) is 35.9 Å². The lowest BCUT2D eigenvalue weighted by molar-refractivity contribution is 0.0510. The van der Waals surface area contributed by atoms with Crippen LogP contribution in [0, 0.1) is 0 Å². The first kappa shape index (κ1) is 19.8. The van der Waals surface area contributed by atoms with Crippen LogP contribution in [-0.4, -0.2) is 42.4 Å². The molecule has 6 heteroatoms. The molecule has 0 radical (unpaired) electrons. The van der Waals surface area contributed by atoms with E-state index in [4.69, 9.17) is 9.47 Å². The van der Waals surface area contributed by atoms with Crippen LogP contribution in [0.5, 0.6) is 0 Å². The highest BCUT2D eigenvalue weighted by atomic mass is 16.6. The average Bonchev–Trinajstić information content (AvgIpc) is 2.50. The van der Waals surface area contributed by atoms with Gasteiger partial charge in [0.15, 0.2) is 0 Å². The summed E-state index contributed by atoms with van der Waals surface area (Å²) in [7, 11) is 0. The third-order valence-electron chi connectivity index (χ3n) is 3.27. The number of amides is 2. The highest BCUT2D eigenvalue weighted by molar-refractivity contribution is 5.69. The average molecular weight is 336 g/mol. The van der Waals surface area contributed by atoms with Crippen molar-refractivity contribution in [2.45, 2.75) is 46.3 Å². The summed E-state index contributed by atoms with van der Waals surface area (Å²) in [5.74, 6) is 0. The van der Waals surface area contributed by atoms with Crippen molar-refractivity contribution in [2.24, 2.45) is 0 Å². The van der Waals surface area contributed by atoms with E-state index in [0.717, 1.165) is 5.56 Å². The second kappa shape index (κ2) is 9.15. The standard InChI is InChI=1S/C18H28N2O4/c1-6-23-17(22)20(14(2)15-10-8-7-9-11-15)13-12-19-16(21)24-18(3,4)5/h7-11,14H,6,12-13H2,1-5H3,(H,19,21)/t14-/m0/s1. The molecule has 0 spiro atoms. The van der Waals surface area contributed by atoms with E-state index in [1.54, 1.807) is 32.6 Å². The molecule has 0 heterocycles. The van der Waals surface area contributed by atoms with Gasteiger partial charge in [-0.15, -0.1) is 0 Å². The number of nitrogens with one attached hydrogen (secondary N) is 1. The highest BCUT2D eigenvalue weighted by Gasteiger charge is 2.23. The van der Waals surface area contributed by atoms with Crippen molar-refractivity contribution < 1.29 is 19.1 Å². The summed E-state index contributed by atoms with van der Waals surface area (Å²) < 4.78 is 10.3. The van der Waals surface area contributed by atoms with Gasteiger partial charge in [-0.1, -0.05) is 30.3 Å². The lowest BCUT2D eigenvalue weighted by atomic mass is 10.1. The van der Waals surface area contributed by atoms with Gasteiger partial charge in [0.25, 0.3) is 0 Å². The molecule has 1 rings (SSSR count). The molecule has 24 heavy (non-hydrogen) atoms. The molecular weight excluding hydrogens is 308 g/mol. The summed E-state index contributed by atoms with van der Waals surface area (Å²) >= 11 is 0. The van der Waals surface area contributed by atoms with Crippen molar-refractivity contribution in [1.29, 1.82) is 0 Å². The van der Waals surface area contributed by atoms with E-state index in [1.165, 1.54) is 0 Å². The fraction of sp³-hybridized carbons (Fsp3) is 0.556. The minimum absolute atomic E-state index is 0.161. The molecule has 1 aromatic rings. The number of hydrogen-bond acceptors (Lipinski definition) is 4. The summed E-state index contributed by atoms with van der Waals surface area (Å²) in [6.07, 6.45) is -0.904. The zero-order chi connectivity index (χ0) is 18.2. The van der Waals surface area contributed by atoms with Crippen LogP contribution in [0.4, 0.5) is 9.59 Å². The van der Waals surface area contributed by atoms with Crippen LogP contribution in [0.25, 0.3) is 0 Å². The van der Waals surface area contributed by atoms with Crippen LogP contribution in [0.1, 0.15) is 46.2 Å². The van der Waals surface area contributed by atoms with Gasteiger partial charge in [0.1, 0.15) is 5.60 Å². The fourth-order valence-corrected chi connectivity index (χ4v) is 2.15. The molecule has 0 aromatic heterocycles. The Hall–Kier alpha value is -2.24. The third-order valence-corrected chi connectivity index (χ3v) is 3.27. The maximum Gasteiger partial charge on any atom is 0.410 e. The molecule has 0 saturated carbocycles. The predicted molar refractivity (Wildman–Crippen MR) is 92.8 cm³/mol. The molecule has 0 saturated heterocycles. The second-order valence-corrected chi connectivity index (χ2v) is 6.41. The van der Waals surface area contributed by atoms with E-state index >= 15 is 0 Å². The van der Waals surface area contributed by atoms with Crippen LogP contribution >= 0.6 is 0 Å². The van der Waals surface area contributed by atoms with Gasteiger partial charge >= 0.3 is 12.2 Å². The molecule has 134 valence electrons. The first-order valence-corrected chi connectivity index (χ1v) is 8.19. The Kier molecular flexibility index (Phi) is 7.55. The van der Waals surface area contributed by atoms with Gasteiger partial charge in [0, 0.05) is 13.1 Å². The van der Waals surface area contributed by atoms with Crippen LogP contribution < -0.4 is 5.32 Å². The summed E-state index contributed by atoms with van der Waals surface area (Å²) in [5.41, 5.74) is 0.449. The Morgan fingerprint density at radius 3 is 2.38 bits per heavy atom. The molecule has 1 atom stereocenters. The monoisotopic (exact) mass is 336 g/mol. The molecular formula is C18H28N2O4. The summed E-state index contributed by atoms with van der Waals surface area (Å²) in [4.78, 5) is 25.5. The van der Waals surface area contributed by atoms with E-state index in [2.05, 4.69) is 5.32 Å². The SMILES string of the molecule is CCOC(=O)N(CCNC(=O)OC(C)(C)C)[C@@H](C)c1ccccc1. The summed E-state index contributed by atoms with van der Waals surface area (Å²) in [6.45, 7) is 10.0. The van der Waals surface area contributed by atoms with Gasteiger partial charge in [-0.2, -0.15) is 0 Å². The van der Waals surface area contributed by atoms with Crippen LogP contribution in [-0.2, 0) is 9.47 Å². The van der Waals surface area contributed by atoms with Crippen LogP contribution in [0.3, 0.4) is 0 Å². The Balaban J connectivity index is 2.67. The van der Waals surface area contributed by atoms with Crippen molar-refractivity contribution in [3.63, 3.8) is 0 Å². The smallest absolute Gasteiger partial charge is 0.410 e. The molecule has 0 bridgehead atoms. The van der Waals surface area contributed by atoms with Gasteiger partial charge in [-0.05, 0) is 40.2 Å². The topological polar surface area (TPSA) is 67.9 Å². The number of hydrogen-bond donors (Lipinski definition) is 1. The van der Waals surface area contributed by atoms with Crippen LogP contribution in [0.15, 0.2) is 30.3 Å². The van der Waals surface area contributed by atoms with Gasteiger partial charge < -0.3 is 14.8 Å². The van der Waals surface area contributed by atoms with Crippen molar-refractivity contribution in [1.82, 2.24) is 10.2 Å². The van der Waals surface area contributed by atoms with Crippen molar-refractivity contribution in [2.75, 3.05) is 19.7 Å². The lowest BCUT2D eigenvalue weighted by Crippen LogP contribution is -2.41. The number of carbonyl (C=O) groups is 2. The molecule has 0 aliphatic carbocycles. The number of benzene rings is 1. The van der Waals surface area contributed by atoms with E-state index in [9.17, 15) is 9.59 Å². The maximum atomic E-state index is 12.2. The third kappa shape index (κ3) is 6.89. The zero-order valence-electron chi connectivity index (χ0n) is 15.2. The van der Waals surface area contributed by atoms with E-state index in [-0.39, 0.29) is 12.6 Å². The molecule has 6 nitrogen and oxygen atoms in total. The van der Waals surface area contributed by atoms with Gasteiger partial charge in [0.2, 0.25) is 0 Å². The molecule has 1 N–H and O–H groups in total. The zero-order valence-corrected chi connectivity index (χ0v) is 15.2. The molecule has 1 aromatic carbocycles. The Bertz CT molecular complexity index is 526. The number of rotatable bonds is 6.